The summed E-state index contributed by atoms with van der Waals surface area (Å²) in [6, 6.07) is 4.58. The standard InChI is InChI=1S/C12H16Cl2N2O3S/c13-11-2-1-10(7-12(11)14)15-20(18,19)16-5-3-9(8-17)4-6-16/h1-2,7,9,15,17H,3-6,8H2. The zero-order chi connectivity index (χ0) is 14.8. The summed E-state index contributed by atoms with van der Waals surface area (Å²) in [6.45, 7) is 0.915. The molecule has 0 saturated carbocycles. The van der Waals surface area contributed by atoms with Gasteiger partial charge in [0.2, 0.25) is 0 Å². The molecule has 2 N–H and O–H groups in total. The molecule has 112 valence electrons. The van der Waals surface area contributed by atoms with Crippen molar-refractivity contribution in [1.82, 2.24) is 4.31 Å². The smallest absolute Gasteiger partial charge is 0.301 e. The number of benzene rings is 1. The molecule has 8 heteroatoms. The lowest BCUT2D eigenvalue weighted by atomic mass is 10.00. The van der Waals surface area contributed by atoms with Crippen LogP contribution in [0.1, 0.15) is 12.8 Å². The SMILES string of the molecule is O=S(=O)(Nc1ccc(Cl)c(Cl)c1)N1CCC(CO)CC1. The molecule has 0 radical (unpaired) electrons. The molecule has 5 nitrogen and oxygen atoms in total. The maximum Gasteiger partial charge on any atom is 0.301 e. The van der Waals surface area contributed by atoms with Gasteiger partial charge in [-0.05, 0) is 37.0 Å². The van der Waals surface area contributed by atoms with Gasteiger partial charge in [-0.1, -0.05) is 23.2 Å². The summed E-state index contributed by atoms with van der Waals surface area (Å²) in [5, 5.41) is 9.73. The van der Waals surface area contributed by atoms with E-state index in [2.05, 4.69) is 4.72 Å². The van der Waals surface area contributed by atoms with E-state index in [-0.39, 0.29) is 12.5 Å². The largest absolute Gasteiger partial charge is 0.396 e. The van der Waals surface area contributed by atoms with E-state index in [1.54, 1.807) is 12.1 Å². The fourth-order valence-corrected chi connectivity index (χ4v) is 3.65. The normalized spacial score (nSPS) is 18.1. The van der Waals surface area contributed by atoms with Crippen LogP contribution in [0.2, 0.25) is 10.0 Å². The number of hydrogen-bond acceptors (Lipinski definition) is 3. The van der Waals surface area contributed by atoms with Gasteiger partial charge in [0.05, 0.1) is 15.7 Å². The van der Waals surface area contributed by atoms with E-state index >= 15 is 0 Å². The average Bonchev–Trinajstić information content (AvgIpc) is 2.43. The summed E-state index contributed by atoms with van der Waals surface area (Å²) in [7, 11) is -3.60. The number of aliphatic hydroxyl groups is 1. The Morgan fingerprint density at radius 3 is 2.45 bits per heavy atom. The molecule has 1 aliphatic rings. The maximum absolute atomic E-state index is 12.2. The summed E-state index contributed by atoms with van der Waals surface area (Å²) < 4.78 is 28.3. The van der Waals surface area contributed by atoms with Gasteiger partial charge in [0.1, 0.15) is 0 Å². The van der Waals surface area contributed by atoms with E-state index < -0.39 is 10.2 Å². The van der Waals surface area contributed by atoms with E-state index in [0.717, 1.165) is 0 Å². The summed E-state index contributed by atoms with van der Waals surface area (Å²) >= 11 is 11.6. The van der Waals surface area contributed by atoms with Crippen LogP contribution in [0.15, 0.2) is 18.2 Å². The van der Waals surface area contributed by atoms with Crippen molar-refractivity contribution in [1.29, 1.82) is 0 Å². The van der Waals surface area contributed by atoms with Crippen LogP contribution in [0, 0.1) is 5.92 Å². The van der Waals surface area contributed by atoms with Crippen molar-refractivity contribution in [2.75, 3.05) is 24.4 Å². The molecular weight excluding hydrogens is 323 g/mol. The number of halogens is 2. The first-order valence-corrected chi connectivity index (χ1v) is 8.46. The monoisotopic (exact) mass is 338 g/mol. The Bertz CT molecular complexity index is 572. The molecule has 0 aliphatic carbocycles. The molecule has 1 heterocycles. The summed E-state index contributed by atoms with van der Waals surface area (Å²) in [6.07, 6.45) is 1.33. The number of aliphatic hydroxyl groups excluding tert-OH is 1. The first-order chi connectivity index (χ1) is 9.42. The second kappa shape index (κ2) is 6.49. The van der Waals surface area contributed by atoms with Crippen LogP contribution in [0.25, 0.3) is 0 Å². The van der Waals surface area contributed by atoms with Gasteiger partial charge in [-0.25, -0.2) is 0 Å². The van der Waals surface area contributed by atoms with E-state index in [1.807, 2.05) is 0 Å². The van der Waals surface area contributed by atoms with Crippen molar-refractivity contribution < 1.29 is 13.5 Å². The van der Waals surface area contributed by atoms with Crippen molar-refractivity contribution in [3.05, 3.63) is 28.2 Å². The Labute approximate surface area is 128 Å². The number of rotatable bonds is 4. The molecule has 0 aromatic heterocycles. The zero-order valence-corrected chi connectivity index (χ0v) is 13.0. The average molecular weight is 339 g/mol. The highest BCUT2D eigenvalue weighted by Gasteiger charge is 2.27. The van der Waals surface area contributed by atoms with Gasteiger partial charge in [0, 0.05) is 19.7 Å². The molecule has 1 fully saturated rings. The zero-order valence-electron chi connectivity index (χ0n) is 10.7. The van der Waals surface area contributed by atoms with Crippen LogP contribution < -0.4 is 4.72 Å². The molecule has 20 heavy (non-hydrogen) atoms. The van der Waals surface area contributed by atoms with Gasteiger partial charge < -0.3 is 5.11 Å². The molecular formula is C12H16Cl2N2O3S. The minimum atomic E-state index is -3.60. The van der Waals surface area contributed by atoms with E-state index in [4.69, 9.17) is 28.3 Å². The van der Waals surface area contributed by atoms with Crippen molar-refractivity contribution in [2.24, 2.45) is 5.92 Å². The molecule has 0 bridgehead atoms. The molecule has 1 aromatic rings. The summed E-state index contributed by atoms with van der Waals surface area (Å²) in [5.74, 6) is 0.187. The van der Waals surface area contributed by atoms with Gasteiger partial charge in [-0.3, -0.25) is 4.72 Å². The van der Waals surface area contributed by atoms with Gasteiger partial charge in [-0.2, -0.15) is 12.7 Å². The van der Waals surface area contributed by atoms with Crippen molar-refractivity contribution in [3.8, 4) is 0 Å². The highest BCUT2D eigenvalue weighted by Crippen LogP contribution is 2.26. The molecule has 0 amide bonds. The van der Waals surface area contributed by atoms with Gasteiger partial charge in [0.15, 0.2) is 0 Å². The number of hydrogen-bond donors (Lipinski definition) is 2. The Kier molecular flexibility index (Phi) is 5.14. The maximum atomic E-state index is 12.2. The number of anilines is 1. The van der Waals surface area contributed by atoms with E-state index in [9.17, 15) is 8.42 Å². The number of nitrogens with zero attached hydrogens (tertiary/aromatic N) is 1. The first kappa shape index (κ1) is 15.9. The highest BCUT2D eigenvalue weighted by atomic mass is 35.5. The number of nitrogens with one attached hydrogen (secondary N) is 1. The topological polar surface area (TPSA) is 69.6 Å². The molecule has 0 unspecified atom stereocenters. The Balaban J connectivity index is 2.05. The summed E-state index contributed by atoms with van der Waals surface area (Å²) in [5.41, 5.74) is 0.378. The molecule has 1 aliphatic heterocycles. The van der Waals surface area contributed by atoms with Crippen LogP contribution in [0.4, 0.5) is 5.69 Å². The van der Waals surface area contributed by atoms with Crippen molar-refractivity contribution in [2.45, 2.75) is 12.8 Å². The van der Waals surface area contributed by atoms with E-state index in [0.29, 0.717) is 41.7 Å². The van der Waals surface area contributed by atoms with Crippen molar-refractivity contribution in [3.63, 3.8) is 0 Å². The predicted molar refractivity (Wildman–Crippen MR) is 80.4 cm³/mol. The van der Waals surface area contributed by atoms with Gasteiger partial charge >= 0.3 is 10.2 Å². The lowest BCUT2D eigenvalue weighted by Crippen LogP contribution is -2.42. The minimum Gasteiger partial charge on any atom is -0.396 e. The fourth-order valence-electron chi connectivity index (χ4n) is 2.11. The molecule has 1 aromatic carbocycles. The van der Waals surface area contributed by atoms with Gasteiger partial charge in [0.25, 0.3) is 0 Å². The molecule has 2 rings (SSSR count). The quantitative estimate of drug-likeness (QED) is 0.885. The third kappa shape index (κ3) is 3.77. The van der Waals surface area contributed by atoms with Crippen LogP contribution in [0.3, 0.4) is 0 Å². The fraction of sp³-hybridized carbons (Fsp3) is 0.500. The van der Waals surface area contributed by atoms with E-state index in [1.165, 1.54) is 10.4 Å². The Morgan fingerprint density at radius 1 is 1.25 bits per heavy atom. The molecule has 0 atom stereocenters. The minimum absolute atomic E-state index is 0.105. The number of piperidine rings is 1. The van der Waals surface area contributed by atoms with Crippen LogP contribution in [-0.2, 0) is 10.2 Å². The lowest BCUT2D eigenvalue weighted by Gasteiger charge is -2.30. The second-order valence-electron chi connectivity index (χ2n) is 4.76. The van der Waals surface area contributed by atoms with Crippen LogP contribution >= 0.6 is 23.2 Å². The summed E-state index contributed by atoms with van der Waals surface area (Å²) in [4.78, 5) is 0. The molecule has 0 spiro atoms. The van der Waals surface area contributed by atoms with Gasteiger partial charge in [-0.15, -0.1) is 0 Å². The third-order valence-electron chi connectivity index (χ3n) is 3.34. The highest BCUT2D eigenvalue weighted by molar-refractivity contribution is 7.90. The predicted octanol–water partition coefficient (Wildman–Crippen LogP) is 2.35. The Hall–Kier alpha value is -0.530. The third-order valence-corrected chi connectivity index (χ3v) is 5.62. The van der Waals surface area contributed by atoms with Crippen LogP contribution in [0.5, 0.6) is 0 Å². The van der Waals surface area contributed by atoms with Crippen LogP contribution in [-0.4, -0.2) is 37.5 Å². The molecule has 1 saturated heterocycles. The lowest BCUT2D eigenvalue weighted by molar-refractivity contribution is 0.170. The second-order valence-corrected chi connectivity index (χ2v) is 7.25. The van der Waals surface area contributed by atoms with Crippen molar-refractivity contribution >= 4 is 39.1 Å². The Morgan fingerprint density at radius 2 is 1.90 bits per heavy atom. The first-order valence-electron chi connectivity index (χ1n) is 6.26.